The van der Waals surface area contributed by atoms with Gasteiger partial charge in [-0.2, -0.15) is 0 Å². The third-order valence-electron chi connectivity index (χ3n) is 3.05. The van der Waals surface area contributed by atoms with Crippen LogP contribution in [0.3, 0.4) is 0 Å². The lowest BCUT2D eigenvalue weighted by molar-refractivity contribution is -0.127. The number of para-hydroxylation sites is 1. The van der Waals surface area contributed by atoms with Crippen LogP contribution < -0.4 is 4.74 Å². The highest BCUT2D eigenvalue weighted by Gasteiger charge is 2.10. The lowest BCUT2D eigenvalue weighted by Crippen LogP contribution is -2.32. The van der Waals surface area contributed by atoms with E-state index in [-0.39, 0.29) is 18.3 Å². The van der Waals surface area contributed by atoms with E-state index in [1.165, 1.54) is 17.8 Å². The number of halogens is 1. The van der Waals surface area contributed by atoms with Crippen LogP contribution in [0.2, 0.25) is 0 Å². The van der Waals surface area contributed by atoms with Gasteiger partial charge in [-0.05, 0) is 24.3 Å². The Morgan fingerprint density at radius 2 is 1.82 bits per heavy atom. The van der Waals surface area contributed by atoms with Crippen molar-refractivity contribution >= 4 is 17.7 Å². The van der Waals surface area contributed by atoms with E-state index in [1.807, 2.05) is 30.3 Å². The second-order valence-electron chi connectivity index (χ2n) is 4.70. The third-order valence-corrected chi connectivity index (χ3v) is 4.05. The summed E-state index contributed by atoms with van der Waals surface area (Å²) in [6, 6.07) is 16.0. The van der Waals surface area contributed by atoms with Gasteiger partial charge in [-0.15, -0.1) is 11.8 Å². The van der Waals surface area contributed by atoms with Crippen LogP contribution >= 0.6 is 11.8 Å². The smallest absolute Gasteiger partial charge is 0.232 e. The molecule has 0 atom stereocenters. The molecular weight excluding hydrogens is 301 g/mol. The van der Waals surface area contributed by atoms with Crippen molar-refractivity contribution in [3.05, 3.63) is 60.4 Å². The summed E-state index contributed by atoms with van der Waals surface area (Å²) >= 11 is 1.50. The first-order chi connectivity index (χ1) is 10.7. The van der Waals surface area contributed by atoms with E-state index in [4.69, 9.17) is 4.74 Å². The van der Waals surface area contributed by atoms with E-state index in [0.717, 1.165) is 4.90 Å². The second-order valence-corrected chi connectivity index (χ2v) is 5.74. The maximum absolute atomic E-state index is 13.4. The Morgan fingerprint density at radius 1 is 1.14 bits per heavy atom. The summed E-state index contributed by atoms with van der Waals surface area (Å²) in [4.78, 5) is 14.7. The van der Waals surface area contributed by atoms with Crippen molar-refractivity contribution < 1.29 is 13.9 Å². The molecule has 2 rings (SSSR count). The molecule has 0 N–H and O–H groups in total. The number of hydrogen-bond donors (Lipinski definition) is 0. The first-order valence-corrected chi connectivity index (χ1v) is 7.94. The van der Waals surface area contributed by atoms with Crippen molar-refractivity contribution in [2.75, 3.05) is 26.0 Å². The maximum Gasteiger partial charge on any atom is 0.232 e. The summed E-state index contributed by atoms with van der Waals surface area (Å²) in [6.07, 6.45) is 0. The van der Waals surface area contributed by atoms with Crippen LogP contribution in [-0.4, -0.2) is 36.8 Å². The van der Waals surface area contributed by atoms with Gasteiger partial charge in [-0.3, -0.25) is 4.79 Å². The van der Waals surface area contributed by atoms with E-state index in [2.05, 4.69) is 0 Å². The van der Waals surface area contributed by atoms with Crippen molar-refractivity contribution in [1.29, 1.82) is 0 Å². The molecule has 0 aliphatic heterocycles. The summed E-state index contributed by atoms with van der Waals surface area (Å²) in [5, 5.41) is 0. The monoisotopic (exact) mass is 319 g/mol. The molecule has 0 unspecified atom stereocenters. The predicted molar refractivity (Wildman–Crippen MR) is 86.7 cm³/mol. The Hall–Kier alpha value is -2.01. The van der Waals surface area contributed by atoms with Gasteiger partial charge in [-0.25, -0.2) is 4.39 Å². The van der Waals surface area contributed by atoms with E-state index in [1.54, 1.807) is 30.1 Å². The number of carbonyl (C=O) groups excluding carboxylic acids is 1. The molecule has 2 aromatic rings. The Labute approximate surface area is 134 Å². The zero-order chi connectivity index (χ0) is 15.8. The molecule has 22 heavy (non-hydrogen) atoms. The standard InChI is InChI=1S/C17H18FNO2S/c1-19(11-12-21-16-10-6-5-9-15(16)18)17(20)13-22-14-7-3-2-4-8-14/h2-10H,11-13H2,1H3. The van der Waals surface area contributed by atoms with Gasteiger partial charge >= 0.3 is 0 Å². The molecule has 0 bridgehead atoms. The van der Waals surface area contributed by atoms with Crippen molar-refractivity contribution in [2.24, 2.45) is 0 Å². The van der Waals surface area contributed by atoms with Crippen LogP contribution in [0.5, 0.6) is 5.75 Å². The zero-order valence-corrected chi connectivity index (χ0v) is 13.2. The molecule has 1 amide bonds. The quantitative estimate of drug-likeness (QED) is 0.732. The Bertz CT molecular complexity index is 607. The van der Waals surface area contributed by atoms with Gasteiger partial charge in [0.2, 0.25) is 5.91 Å². The van der Waals surface area contributed by atoms with Gasteiger partial charge in [0.05, 0.1) is 12.3 Å². The van der Waals surface area contributed by atoms with Crippen molar-refractivity contribution in [2.45, 2.75) is 4.90 Å². The van der Waals surface area contributed by atoms with Gasteiger partial charge in [-0.1, -0.05) is 30.3 Å². The molecule has 0 aliphatic carbocycles. The molecule has 2 aromatic carbocycles. The summed E-state index contributed by atoms with van der Waals surface area (Å²) in [7, 11) is 1.72. The minimum atomic E-state index is -0.392. The first kappa shape index (κ1) is 16.4. The van der Waals surface area contributed by atoms with Crippen LogP contribution in [0.1, 0.15) is 0 Å². The molecule has 0 radical (unpaired) electrons. The van der Waals surface area contributed by atoms with Crippen LogP contribution in [0.15, 0.2) is 59.5 Å². The number of nitrogens with zero attached hydrogens (tertiary/aromatic N) is 1. The molecular formula is C17H18FNO2S. The van der Waals surface area contributed by atoms with E-state index >= 15 is 0 Å². The average molecular weight is 319 g/mol. The second kappa shape index (κ2) is 8.44. The fourth-order valence-corrected chi connectivity index (χ4v) is 2.61. The third kappa shape index (κ3) is 5.07. The minimum absolute atomic E-state index is 0.0194. The van der Waals surface area contributed by atoms with E-state index in [9.17, 15) is 9.18 Å². The lowest BCUT2D eigenvalue weighted by Gasteiger charge is -2.17. The van der Waals surface area contributed by atoms with Gasteiger partial charge in [0, 0.05) is 11.9 Å². The van der Waals surface area contributed by atoms with Gasteiger partial charge < -0.3 is 9.64 Å². The number of carbonyl (C=O) groups is 1. The summed E-state index contributed by atoms with van der Waals surface area (Å²) in [5.74, 6) is 0.212. The zero-order valence-electron chi connectivity index (χ0n) is 12.4. The van der Waals surface area contributed by atoms with Crippen molar-refractivity contribution in [3.8, 4) is 5.75 Å². The van der Waals surface area contributed by atoms with E-state index < -0.39 is 5.82 Å². The van der Waals surface area contributed by atoms with Crippen LogP contribution in [0.4, 0.5) is 4.39 Å². The molecule has 5 heteroatoms. The highest BCUT2D eigenvalue weighted by Crippen LogP contribution is 2.17. The molecule has 0 saturated heterocycles. The number of thioether (sulfide) groups is 1. The Kier molecular flexibility index (Phi) is 6.27. The van der Waals surface area contributed by atoms with Crippen LogP contribution in [0, 0.1) is 5.82 Å². The largest absolute Gasteiger partial charge is 0.489 e. The van der Waals surface area contributed by atoms with E-state index in [0.29, 0.717) is 12.3 Å². The van der Waals surface area contributed by atoms with Crippen LogP contribution in [-0.2, 0) is 4.79 Å². The SMILES string of the molecule is CN(CCOc1ccccc1F)C(=O)CSc1ccccc1. The fourth-order valence-electron chi connectivity index (χ4n) is 1.75. The molecule has 0 heterocycles. The van der Waals surface area contributed by atoms with Gasteiger partial charge in [0.1, 0.15) is 6.61 Å². The number of benzene rings is 2. The molecule has 0 spiro atoms. The molecule has 0 aliphatic rings. The summed E-state index contributed by atoms with van der Waals surface area (Å²) in [6.45, 7) is 0.682. The highest BCUT2D eigenvalue weighted by molar-refractivity contribution is 8.00. The topological polar surface area (TPSA) is 29.5 Å². The van der Waals surface area contributed by atoms with Gasteiger partial charge in [0.25, 0.3) is 0 Å². The number of rotatable bonds is 7. The summed E-state index contributed by atoms with van der Waals surface area (Å²) < 4.78 is 18.7. The molecule has 0 aromatic heterocycles. The summed E-state index contributed by atoms with van der Waals surface area (Å²) in [5.41, 5.74) is 0. The number of ether oxygens (including phenoxy) is 1. The molecule has 0 saturated carbocycles. The van der Waals surface area contributed by atoms with Gasteiger partial charge in [0.15, 0.2) is 11.6 Å². The fraction of sp³-hybridized carbons (Fsp3) is 0.235. The lowest BCUT2D eigenvalue weighted by atomic mass is 10.3. The Morgan fingerprint density at radius 3 is 2.55 bits per heavy atom. The predicted octanol–water partition coefficient (Wildman–Crippen LogP) is 3.46. The first-order valence-electron chi connectivity index (χ1n) is 6.96. The average Bonchev–Trinajstić information content (AvgIpc) is 2.55. The molecule has 116 valence electrons. The number of likely N-dealkylation sites (N-methyl/N-ethyl adjacent to an activating group) is 1. The maximum atomic E-state index is 13.4. The van der Waals surface area contributed by atoms with Crippen molar-refractivity contribution in [3.63, 3.8) is 0 Å². The minimum Gasteiger partial charge on any atom is -0.489 e. The highest BCUT2D eigenvalue weighted by atomic mass is 32.2. The van der Waals surface area contributed by atoms with Crippen molar-refractivity contribution in [1.82, 2.24) is 4.90 Å². The molecule has 3 nitrogen and oxygen atoms in total. The Balaban J connectivity index is 1.71. The van der Waals surface area contributed by atoms with Crippen LogP contribution in [0.25, 0.3) is 0 Å². The molecule has 0 fully saturated rings. The normalized spacial score (nSPS) is 10.3. The number of amides is 1. The number of hydrogen-bond acceptors (Lipinski definition) is 3.